The van der Waals surface area contributed by atoms with Gasteiger partial charge in [0.05, 0.1) is 19.6 Å². The predicted octanol–water partition coefficient (Wildman–Crippen LogP) is -0.422. The van der Waals surface area contributed by atoms with E-state index in [0.29, 0.717) is 6.54 Å². The van der Waals surface area contributed by atoms with Gasteiger partial charge in [0.25, 0.3) is 0 Å². The number of carbonyl (C=O) groups is 3. The molecule has 0 aliphatic heterocycles. The number of carbonyl (C=O) groups excluding carboxylic acids is 2. The van der Waals surface area contributed by atoms with Gasteiger partial charge in [0.15, 0.2) is 0 Å². The third-order valence-electron chi connectivity index (χ3n) is 2.52. The Bertz CT molecular complexity index is 459. The van der Waals surface area contributed by atoms with Crippen LogP contribution in [-0.4, -0.2) is 59.4 Å². The summed E-state index contributed by atoms with van der Waals surface area (Å²) in [7, 11) is 1.63. The van der Waals surface area contributed by atoms with E-state index in [0.717, 1.165) is 5.56 Å². The number of nitrogens with two attached hydrogens (primary N) is 1. The number of hydrogen-bond acceptors (Lipinski definition) is 5. The zero-order valence-electron chi connectivity index (χ0n) is 11.1. The highest BCUT2D eigenvalue weighted by molar-refractivity contribution is 7.07. The van der Waals surface area contributed by atoms with E-state index in [2.05, 4.69) is 0 Å². The number of hydrogen-bond donors (Lipinski definition) is 2. The van der Waals surface area contributed by atoms with Crippen molar-refractivity contribution in [2.45, 2.75) is 6.54 Å². The molecule has 0 unspecified atom stereocenters. The van der Waals surface area contributed by atoms with Crippen molar-refractivity contribution in [1.82, 2.24) is 9.80 Å². The summed E-state index contributed by atoms with van der Waals surface area (Å²) in [6.45, 7) is -0.374. The summed E-state index contributed by atoms with van der Waals surface area (Å²) >= 11 is 1.54. The molecule has 0 atom stereocenters. The monoisotopic (exact) mass is 299 g/mol. The van der Waals surface area contributed by atoms with Gasteiger partial charge in [0.2, 0.25) is 11.8 Å². The van der Waals surface area contributed by atoms with Crippen molar-refractivity contribution >= 4 is 29.1 Å². The smallest absolute Gasteiger partial charge is 0.317 e. The lowest BCUT2D eigenvalue weighted by Crippen LogP contribution is -2.44. The summed E-state index contributed by atoms with van der Waals surface area (Å²) in [6, 6.07) is 1.91. The molecule has 0 aliphatic rings. The molecule has 1 aromatic rings. The molecular formula is C12H17N3O4S. The van der Waals surface area contributed by atoms with Crippen LogP contribution in [0.4, 0.5) is 0 Å². The number of primary amides is 1. The van der Waals surface area contributed by atoms with Gasteiger partial charge in [-0.1, -0.05) is 0 Å². The van der Waals surface area contributed by atoms with E-state index in [-0.39, 0.29) is 19.0 Å². The molecule has 0 saturated heterocycles. The van der Waals surface area contributed by atoms with Crippen molar-refractivity contribution in [1.29, 1.82) is 0 Å². The number of carboxylic acid groups (broad SMARTS) is 1. The van der Waals surface area contributed by atoms with Crippen LogP contribution in [0, 0.1) is 0 Å². The Morgan fingerprint density at radius 2 is 2.00 bits per heavy atom. The first-order valence-electron chi connectivity index (χ1n) is 5.86. The summed E-state index contributed by atoms with van der Waals surface area (Å²) < 4.78 is 0. The predicted molar refractivity (Wildman–Crippen MR) is 74.1 cm³/mol. The molecule has 0 radical (unpaired) electrons. The normalized spacial score (nSPS) is 10.5. The van der Waals surface area contributed by atoms with Crippen molar-refractivity contribution in [3.8, 4) is 0 Å². The van der Waals surface area contributed by atoms with Gasteiger partial charge in [-0.3, -0.25) is 19.3 Å². The first-order valence-corrected chi connectivity index (χ1v) is 6.80. The lowest BCUT2D eigenvalue weighted by Gasteiger charge is -2.22. The molecule has 1 aromatic heterocycles. The third-order valence-corrected chi connectivity index (χ3v) is 3.25. The Morgan fingerprint density at radius 3 is 2.50 bits per heavy atom. The highest BCUT2D eigenvalue weighted by Gasteiger charge is 2.18. The van der Waals surface area contributed by atoms with E-state index < -0.39 is 18.4 Å². The molecule has 0 spiro atoms. The number of carboxylic acids is 1. The second-order valence-corrected chi connectivity index (χ2v) is 5.17. The van der Waals surface area contributed by atoms with Crippen molar-refractivity contribution in [2.24, 2.45) is 5.73 Å². The van der Waals surface area contributed by atoms with E-state index in [1.807, 2.05) is 16.8 Å². The van der Waals surface area contributed by atoms with Crippen LogP contribution >= 0.6 is 11.3 Å². The Balaban J connectivity index is 2.55. The number of likely N-dealkylation sites (N-methyl/N-ethyl adjacent to an activating group) is 1. The van der Waals surface area contributed by atoms with Gasteiger partial charge in [-0.05, 0) is 22.4 Å². The zero-order valence-corrected chi connectivity index (χ0v) is 11.9. The quantitative estimate of drug-likeness (QED) is 0.678. The minimum atomic E-state index is -1.11. The van der Waals surface area contributed by atoms with Gasteiger partial charge in [-0.25, -0.2) is 0 Å². The van der Waals surface area contributed by atoms with Gasteiger partial charge >= 0.3 is 5.97 Å². The maximum absolute atomic E-state index is 12.0. The molecule has 0 aliphatic carbocycles. The Labute approximate surface area is 120 Å². The number of nitrogens with zero attached hydrogens (tertiary/aromatic N) is 2. The van der Waals surface area contributed by atoms with Gasteiger partial charge in [0, 0.05) is 13.6 Å². The molecule has 2 amide bonds. The lowest BCUT2D eigenvalue weighted by molar-refractivity contribution is -0.140. The maximum atomic E-state index is 12.0. The molecule has 0 bridgehead atoms. The molecule has 20 heavy (non-hydrogen) atoms. The molecular weight excluding hydrogens is 282 g/mol. The van der Waals surface area contributed by atoms with Crippen LogP contribution in [0.5, 0.6) is 0 Å². The van der Waals surface area contributed by atoms with Crippen LogP contribution in [0.15, 0.2) is 16.8 Å². The molecule has 110 valence electrons. The van der Waals surface area contributed by atoms with Gasteiger partial charge < -0.3 is 15.7 Å². The summed E-state index contributed by atoms with van der Waals surface area (Å²) in [5.74, 6) is -2.04. The standard InChI is InChI=1S/C12H17N3O4S/c1-14(4-9-2-3-20-8-9)11(17)6-15(5-10(13)16)7-12(18)19/h2-3,8H,4-7H2,1H3,(H2,13,16)(H,18,19). The highest BCUT2D eigenvalue weighted by Crippen LogP contribution is 2.08. The first-order chi connectivity index (χ1) is 9.38. The molecule has 0 fully saturated rings. The largest absolute Gasteiger partial charge is 0.480 e. The average Bonchev–Trinajstić information content (AvgIpc) is 2.79. The fraction of sp³-hybridized carbons (Fsp3) is 0.417. The average molecular weight is 299 g/mol. The molecule has 7 nitrogen and oxygen atoms in total. The van der Waals surface area contributed by atoms with Crippen LogP contribution < -0.4 is 5.73 Å². The van der Waals surface area contributed by atoms with Gasteiger partial charge in [-0.2, -0.15) is 11.3 Å². The summed E-state index contributed by atoms with van der Waals surface area (Å²) in [6.07, 6.45) is 0. The third kappa shape index (κ3) is 5.81. The summed E-state index contributed by atoms with van der Waals surface area (Å²) in [4.78, 5) is 36.2. The Kier molecular flexibility index (Phi) is 6.13. The van der Waals surface area contributed by atoms with E-state index in [1.165, 1.54) is 21.1 Å². The van der Waals surface area contributed by atoms with E-state index >= 15 is 0 Å². The number of aliphatic carboxylic acids is 1. The van der Waals surface area contributed by atoms with Crippen molar-refractivity contribution in [3.63, 3.8) is 0 Å². The molecule has 8 heteroatoms. The van der Waals surface area contributed by atoms with Crippen LogP contribution in [-0.2, 0) is 20.9 Å². The number of amides is 2. The van der Waals surface area contributed by atoms with Crippen LogP contribution in [0.3, 0.4) is 0 Å². The second-order valence-electron chi connectivity index (χ2n) is 4.39. The number of thiophene rings is 1. The maximum Gasteiger partial charge on any atom is 0.317 e. The fourth-order valence-corrected chi connectivity index (χ4v) is 2.30. The van der Waals surface area contributed by atoms with Crippen LogP contribution in [0.2, 0.25) is 0 Å². The van der Waals surface area contributed by atoms with Crippen molar-refractivity contribution in [2.75, 3.05) is 26.7 Å². The number of rotatable bonds is 8. The van der Waals surface area contributed by atoms with Crippen molar-refractivity contribution < 1.29 is 19.5 Å². The SMILES string of the molecule is CN(Cc1ccsc1)C(=O)CN(CC(N)=O)CC(=O)O. The Hall–Kier alpha value is -1.93. The molecule has 1 rings (SSSR count). The van der Waals surface area contributed by atoms with E-state index in [1.54, 1.807) is 7.05 Å². The van der Waals surface area contributed by atoms with E-state index in [4.69, 9.17) is 10.8 Å². The zero-order chi connectivity index (χ0) is 15.1. The minimum absolute atomic E-state index is 0.157. The second kappa shape index (κ2) is 7.61. The van der Waals surface area contributed by atoms with Crippen LogP contribution in [0.25, 0.3) is 0 Å². The molecule has 0 saturated carbocycles. The van der Waals surface area contributed by atoms with Crippen LogP contribution in [0.1, 0.15) is 5.56 Å². The van der Waals surface area contributed by atoms with Gasteiger partial charge in [0.1, 0.15) is 0 Å². The molecule has 1 heterocycles. The highest BCUT2D eigenvalue weighted by atomic mass is 32.1. The summed E-state index contributed by atoms with van der Waals surface area (Å²) in [5, 5.41) is 12.6. The fourth-order valence-electron chi connectivity index (χ4n) is 1.64. The first kappa shape index (κ1) is 16.1. The minimum Gasteiger partial charge on any atom is -0.480 e. The van der Waals surface area contributed by atoms with Crippen molar-refractivity contribution in [3.05, 3.63) is 22.4 Å². The summed E-state index contributed by atoms with van der Waals surface area (Å²) in [5.41, 5.74) is 6.04. The van der Waals surface area contributed by atoms with E-state index in [9.17, 15) is 14.4 Å². The lowest BCUT2D eigenvalue weighted by atomic mass is 10.3. The molecule has 3 N–H and O–H groups in total. The Morgan fingerprint density at radius 1 is 1.30 bits per heavy atom. The topological polar surface area (TPSA) is 104 Å². The van der Waals surface area contributed by atoms with Gasteiger partial charge in [-0.15, -0.1) is 0 Å². The molecule has 0 aromatic carbocycles.